The highest BCUT2D eigenvalue weighted by atomic mass is 19.1. The van der Waals surface area contributed by atoms with Crippen LogP contribution in [0.5, 0.6) is 0 Å². The molecule has 0 saturated carbocycles. The van der Waals surface area contributed by atoms with E-state index in [2.05, 4.69) is 10.1 Å². The molecule has 0 aliphatic rings. The minimum absolute atomic E-state index is 0.114. The molecule has 0 fully saturated rings. The van der Waals surface area contributed by atoms with Crippen LogP contribution in [0.25, 0.3) is 0 Å². The number of esters is 1. The van der Waals surface area contributed by atoms with Gasteiger partial charge in [0.1, 0.15) is 11.5 Å². The van der Waals surface area contributed by atoms with Crippen LogP contribution in [0.1, 0.15) is 15.9 Å². The van der Waals surface area contributed by atoms with E-state index in [9.17, 15) is 19.3 Å². The highest BCUT2D eigenvalue weighted by Crippen LogP contribution is 2.26. The number of methoxy groups -OCH3 is 1. The third-order valence-electron chi connectivity index (χ3n) is 3.26. The molecule has 120 valence electrons. The molecule has 0 saturated heterocycles. The van der Waals surface area contributed by atoms with E-state index in [0.29, 0.717) is 18.7 Å². The van der Waals surface area contributed by atoms with Gasteiger partial charge in [-0.1, -0.05) is 12.1 Å². The molecule has 0 aliphatic heterocycles. The number of nitrogens with zero attached hydrogens (tertiary/aromatic N) is 1. The predicted molar refractivity (Wildman–Crippen MR) is 83.0 cm³/mol. The fourth-order valence-corrected chi connectivity index (χ4v) is 2.07. The summed E-state index contributed by atoms with van der Waals surface area (Å²) in [6.45, 7) is 0.435. The average molecular weight is 318 g/mol. The third-order valence-corrected chi connectivity index (χ3v) is 3.26. The number of anilines is 1. The van der Waals surface area contributed by atoms with E-state index in [1.807, 2.05) is 0 Å². The Labute approximate surface area is 132 Å². The van der Waals surface area contributed by atoms with Gasteiger partial charge in [-0.15, -0.1) is 0 Å². The molecule has 0 heterocycles. The molecule has 0 aromatic heterocycles. The standard InChI is InChI=1S/C16H15FN2O4/c1-23-16(20)12-4-7-14(15(10-12)19(21)22)18-9-8-11-2-5-13(17)6-3-11/h2-7,10,18H,8-9H2,1H3. The van der Waals surface area contributed by atoms with E-state index in [1.54, 1.807) is 12.1 Å². The number of carbonyl (C=O) groups is 1. The number of carbonyl (C=O) groups excluding carboxylic acids is 1. The van der Waals surface area contributed by atoms with Gasteiger partial charge >= 0.3 is 5.97 Å². The summed E-state index contributed by atoms with van der Waals surface area (Å²) < 4.78 is 17.4. The van der Waals surface area contributed by atoms with Crippen LogP contribution in [0, 0.1) is 15.9 Å². The lowest BCUT2D eigenvalue weighted by Gasteiger charge is -2.08. The second-order valence-electron chi connectivity index (χ2n) is 4.78. The number of nitrogens with one attached hydrogen (secondary N) is 1. The number of rotatable bonds is 6. The van der Waals surface area contributed by atoms with Crippen LogP contribution in [0.15, 0.2) is 42.5 Å². The summed E-state index contributed by atoms with van der Waals surface area (Å²) in [6, 6.07) is 10.1. The number of ether oxygens (including phenoxy) is 1. The van der Waals surface area contributed by atoms with Gasteiger partial charge in [0, 0.05) is 12.6 Å². The molecule has 23 heavy (non-hydrogen) atoms. The normalized spacial score (nSPS) is 10.2. The second kappa shape index (κ2) is 7.35. The number of hydrogen-bond acceptors (Lipinski definition) is 5. The summed E-state index contributed by atoms with van der Waals surface area (Å²) in [5.74, 6) is -0.943. The minimum atomic E-state index is -0.633. The molecule has 0 atom stereocenters. The maximum atomic E-state index is 12.8. The molecule has 7 heteroatoms. The quantitative estimate of drug-likeness (QED) is 0.502. The molecular formula is C16H15FN2O4. The smallest absolute Gasteiger partial charge is 0.338 e. The average Bonchev–Trinajstić information content (AvgIpc) is 2.56. The van der Waals surface area contributed by atoms with Crippen LogP contribution in [0.4, 0.5) is 15.8 Å². The molecule has 0 amide bonds. The first-order chi connectivity index (χ1) is 11.0. The zero-order chi connectivity index (χ0) is 16.8. The van der Waals surface area contributed by atoms with Gasteiger partial charge in [0.15, 0.2) is 0 Å². The summed E-state index contributed by atoms with van der Waals surface area (Å²) in [6.07, 6.45) is 0.580. The lowest BCUT2D eigenvalue weighted by atomic mass is 10.1. The lowest BCUT2D eigenvalue weighted by Crippen LogP contribution is -2.08. The van der Waals surface area contributed by atoms with Gasteiger partial charge in [0.05, 0.1) is 17.6 Å². The highest BCUT2D eigenvalue weighted by Gasteiger charge is 2.17. The molecular weight excluding hydrogens is 303 g/mol. The second-order valence-corrected chi connectivity index (χ2v) is 4.78. The van der Waals surface area contributed by atoms with Gasteiger partial charge in [-0.25, -0.2) is 9.18 Å². The summed E-state index contributed by atoms with van der Waals surface area (Å²) in [5.41, 5.74) is 1.13. The van der Waals surface area contributed by atoms with Gasteiger partial charge < -0.3 is 10.1 Å². The van der Waals surface area contributed by atoms with Crippen LogP contribution in [0.3, 0.4) is 0 Å². The monoisotopic (exact) mass is 318 g/mol. The Morgan fingerprint density at radius 1 is 1.26 bits per heavy atom. The number of benzene rings is 2. The molecule has 1 N–H and O–H groups in total. The van der Waals surface area contributed by atoms with Gasteiger partial charge in [-0.2, -0.15) is 0 Å². The molecule has 2 rings (SSSR count). The van der Waals surface area contributed by atoms with Gasteiger partial charge in [-0.05, 0) is 36.2 Å². The van der Waals surface area contributed by atoms with Crippen molar-refractivity contribution in [3.05, 3.63) is 69.5 Å². The van der Waals surface area contributed by atoms with E-state index in [0.717, 1.165) is 5.56 Å². The van der Waals surface area contributed by atoms with E-state index >= 15 is 0 Å². The summed E-state index contributed by atoms with van der Waals surface area (Å²) in [7, 11) is 1.21. The number of nitro benzene ring substituents is 1. The van der Waals surface area contributed by atoms with Crippen molar-refractivity contribution >= 4 is 17.3 Å². The predicted octanol–water partition coefficient (Wildman–Crippen LogP) is 3.18. The Bertz CT molecular complexity index is 717. The minimum Gasteiger partial charge on any atom is -0.465 e. The van der Waals surface area contributed by atoms with Crippen LogP contribution in [-0.4, -0.2) is 24.5 Å². The molecule has 6 nitrogen and oxygen atoms in total. The summed E-state index contributed by atoms with van der Waals surface area (Å²) >= 11 is 0. The number of nitro groups is 1. The zero-order valence-electron chi connectivity index (χ0n) is 12.4. The van der Waals surface area contributed by atoms with Crippen LogP contribution in [-0.2, 0) is 11.2 Å². The van der Waals surface area contributed by atoms with Gasteiger partial charge in [0.2, 0.25) is 0 Å². The molecule has 0 radical (unpaired) electrons. The fourth-order valence-electron chi connectivity index (χ4n) is 2.07. The van der Waals surface area contributed by atoms with Crippen molar-refractivity contribution in [1.82, 2.24) is 0 Å². The van der Waals surface area contributed by atoms with Crippen molar-refractivity contribution < 1.29 is 18.8 Å². The Morgan fingerprint density at radius 2 is 1.96 bits per heavy atom. The maximum absolute atomic E-state index is 12.8. The number of hydrogen-bond donors (Lipinski definition) is 1. The van der Waals surface area contributed by atoms with Crippen molar-refractivity contribution in [2.24, 2.45) is 0 Å². The van der Waals surface area contributed by atoms with Crippen molar-refractivity contribution in [1.29, 1.82) is 0 Å². The first kappa shape index (κ1) is 16.4. The first-order valence-corrected chi connectivity index (χ1v) is 6.86. The topological polar surface area (TPSA) is 81.5 Å². The summed E-state index contributed by atoms with van der Waals surface area (Å²) in [5, 5.41) is 14.1. The Kier molecular flexibility index (Phi) is 5.24. The van der Waals surface area contributed by atoms with Gasteiger partial charge in [0.25, 0.3) is 5.69 Å². The van der Waals surface area contributed by atoms with Crippen molar-refractivity contribution in [3.63, 3.8) is 0 Å². The Morgan fingerprint density at radius 3 is 2.57 bits per heavy atom. The number of halogens is 1. The highest BCUT2D eigenvalue weighted by molar-refractivity contribution is 5.91. The van der Waals surface area contributed by atoms with Crippen molar-refractivity contribution in [2.45, 2.75) is 6.42 Å². The lowest BCUT2D eigenvalue weighted by molar-refractivity contribution is -0.384. The van der Waals surface area contributed by atoms with Crippen LogP contribution in [0.2, 0.25) is 0 Å². The molecule has 0 aliphatic carbocycles. The van der Waals surface area contributed by atoms with Crippen LogP contribution < -0.4 is 5.32 Å². The first-order valence-electron chi connectivity index (χ1n) is 6.86. The van der Waals surface area contributed by atoms with Crippen LogP contribution >= 0.6 is 0 Å². The van der Waals surface area contributed by atoms with E-state index < -0.39 is 10.9 Å². The zero-order valence-corrected chi connectivity index (χ0v) is 12.4. The fraction of sp³-hybridized carbons (Fsp3) is 0.188. The molecule has 0 unspecified atom stereocenters. The molecule has 0 spiro atoms. The largest absolute Gasteiger partial charge is 0.465 e. The molecule has 2 aromatic carbocycles. The van der Waals surface area contributed by atoms with E-state index in [1.165, 1.54) is 37.4 Å². The van der Waals surface area contributed by atoms with Crippen molar-refractivity contribution in [3.8, 4) is 0 Å². The molecule has 2 aromatic rings. The maximum Gasteiger partial charge on any atom is 0.338 e. The Hall–Kier alpha value is -2.96. The van der Waals surface area contributed by atoms with Crippen molar-refractivity contribution in [2.75, 3.05) is 19.0 Å². The SMILES string of the molecule is COC(=O)c1ccc(NCCc2ccc(F)cc2)c([N+](=O)[O-])c1. The third kappa shape index (κ3) is 4.26. The van der Waals surface area contributed by atoms with Gasteiger partial charge in [-0.3, -0.25) is 10.1 Å². The van der Waals surface area contributed by atoms with E-state index in [-0.39, 0.29) is 17.1 Å². The molecule has 0 bridgehead atoms. The Balaban J connectivity index is 2.08. The summed E-state index contributed by atoms with van der Waals surface area (Å²) in [4.78, 5) is 22.0. The van der Waals surface area contributed by atoms with E-state index in [4.69, 9.17) is 0 Å².